The second kappa shape index (κ2) is 5.72. The lowest BCUT2D eigenvalue weighted by molar-refractivity contribution is -0.145. The number of amides is 2. The van der Waals surface area contributed by atoms with Gasteiger partial charge in [0.25, 0.3) is 0 Å². The predicted molar refractivity (Wildman–Crippen MR) is 73.8 cm³/mol. The van der Waals surface area contributed by atoms with Crippen LogP contribution in [0.3, 0.4) is 0 Å². The van der Waals surface area contributed by atoms with Gasteiger partial charge in [0.1, 0.15) is 6.54 Å². The number of hydrogen-bond donors (Lipinski definition) is 0. The molecule has 5 nitrogen and oxygen atoms in total. The monoisotopic (exact) mass is 280 g/mol. The number of hydrogen-bond acceptors (Lipinski definition) is 3. The van der Waals surface area contributed by atoms with Crippen LogP contribution in [0.5, 0.6) is 0 Å². The molecule has 112 valence electrons. The van der Waals surface area contributed by atoms with Gasteiger partial charge in [-0.1, -0.05) is 6.92 Å². The molecule has 2 saturated heterocycles. The molecule has 2 aliphatic heterocycles. The highest BCUT2D eigenvalue weighted by Crippen LogP contribution is 2.31. The smallest absolute Gasteiger partial charge is 0.243 e. The zero-order valence-electron chi connectivity index (χ0n) is 12.2. The van der Waals surface area contributed by atoms with Crippen LogP contribution < -0.4 is 0 Å². The lowest BCUT2D eigenvalue weighted by Gasteiger charge is -2.32. The molecule has 0 aromatic heterocycles. The minimum absolute atomic E-state index is 0.0313. The fraction of sp³-hybridized carbons (Fsp3) is 0.867. The summed E-state index contributed by atoms with van der Waals surface area (Å²) in [4.78, 5) is 28.2. The van der Waals surface area contributed by atoms with Crippen LogP contribution in [0.4, 0.5) is 0 Å². The van der Waals surface area contributed by atoms with E-state index < -0.39 is 0 Å². The van der Waals surface area contributed by atoms with Gasteiger partial charge in [0.2, 0.25) is 11.8 Å². The summed E-state index contributed by atoms with van der Waals surface area (Å²) in [6.07, 6.45) is 5.19. The van der Waals surface area contributed by atoms with E-state index in [0.29, 0.717) is 12.6 Å². The van der Waals surface area contributed by atoms with E-state index in [0.717, 1.165) is 32.4 Å². The lowest BCUT2D eigenvalue weighted by atomic mass is 9.91. The van der Waals surface area contributed by atoms with Crippen LogP contribution in [0.1, 0.15) is 39.0 Å². The number of rotatable bonds is 4. The maximum absolute atomic E-state index is 12.6. The summed E-state index contributed by atoms with van der Waals surface area (Å²) in [5.41, 5.74) is 0. The first-order valence-electron chi connectivity index (χ1n) is 7.87. The second-order valence-corrected chi connectivity index (χ2v) is 6.30. The molecule has 0 spiro atoms. The van der Waals surface area contributed by atoms with E-state index in [-0.39, 0.29) is 30.4 Å². The third-order valence-electron chi connectivity index (χ3n) is 4.67. The van der Waals surface area contributed by atoms with Gasteiger partial charge in [0, 0.05) is 13.2 Å². The minimum Gasteiger partial charge on any atom is -0.377 e. The topological polar surface area (TPSA) is 49.9 Å². The summed E-state index contributed by atoms with van der Waals surface area (Å²) in [5.74, 6) is 0.844. The van der Waals surface area contributed by atoms with Crippen molar-refractivity contribution in [1.29, 1.82) is 0 Å². The highest BCUT2D eigenvalue weighted by Gasteiger charge is 2.39. The summed E-state index contributed by atoms with van der Waals surface area (Å²) in [6.45, 7) is 4.40. The van der Waals surface area contributed by atoms with Crippen LogP contribution in [0.15, 0.2) is 0 Å². The van der Waals surface area contributed by atoms with E-state index in [1.807, 2.05) is 4.90 Å². The molecule has 5 heteroatoms. The molecule has 0 bridgehead atoms. The number of carbonyl (C=O) groups is 2. The van der Waals surface area contributed by atoms with Crippen LogP contribution in [-0.4, -0.2) is 54.1 Å². The van der Waals surface area contributed by atoms with Crippen LogP contribution in [-0.2, 0) is 14.3 Å². The molecule has 20 heavy (non-hydrogen) atoms. The van der Waals surface area contributed by atoms with E-state index in [9.17, 15) is 9.59 Å². The summed E-state index contributed by atoms with van der Waals surface area (Å²) >= 11 is 0. The van der Waals surface area contributed by atoms with E-state index in [2.05, 4.69) is 6.92 Å². The fourth-order valence-corrected chi connectivity index (χ4v) is 3.28. The highest BCUT2D eigenvalue weighted by molar-refractivity contribution is 5.89. The zero-order chi connectivity index (χ0) is 14.1. The number of carbonyl (C=O) groups excluding carboxylic acids is 2. The standard InChI is InChI=1S/C15H24N2O3/c1-2-13-12(4-3-7-20-13)15(19)17-9-14(18)16(10-17)8-11-5-6-11/h11-13H,2-10H2,1H3/t12-,13+/m0/s1. The molecule has 3 rings (SSSR count). The third kappa shape index (κ3) is 2.82. The van der Waals surface area contributed by atoms with E-state index >= 15 is 0 Å². The first kappa shape index (κ1) is 13.9. The number of ether oxygens (including phenoxy) is 1. The van der Waals surface area contributed by atoms with Gasteiger partial charge in [-0.25, -0.2) is 0 Å². The largest absolute Gasteiger partial charge is 0.377 e. The molecule has 2 atom stereocenters. The van der Waals surface area contributed by atoms with Gasteiger partial charge >= 0.3 is 0 Å². The first-order valence-corrected chi connectivity index (χ1v) is 7.87. The van der Waals surface area contributed by atoms with Crippen molar-refractivity contribution in [2.45, 2.75) is 45.1 Å². The van der Waals surface area contributed by atoms with Crippen molar-refractivity contribution in [3.63, 3.8) is 0 Å². The van der Waals surface area contributed by atoms with Crippen molar-refractivity contribution in [2.24, 2.45) is 11.8 Å². The lowest BCUT2D eigenvalue weighted by Crippen LogP contribution is -2.43. The molecular weight excluding hydrogens is 256 g/mol. The maximum atomic E-state index is 12.6. The molecule has 1 saturated carbocycles. The Balaban J connectivity index is 1.60. The van der Waals surface area contributed by atoms with Crippen molar-refractivity contribution in [1.82, 2.24) is 9.80 Å². The van der Waals surface area contributed by atoms with Gasteiger partial charge in [0.15, 0.2) is 0 Å². The average molecular weight is 280 g/mol. The van der Waals surface area contributed by atoms with E-state index in [4.69, 9.17) is 4.74 Å². The molecule has 0 aromatic carbocycles. The Hall–Kier alpha value is -1.10. The fourth-order valence-electron chi connectivity index (χ4n) is 3.28. The van der Waals surface area contributed by atoms with Gasteiger partial charge in [-0.2, -0.15) is 0 Å². The summed E-state index contributed by atoms with van der Waals surface area (Å²) < 4.78 is 5.70. The highest BCUT2D eigenvalue weighted by atomic mass is 16.5. The van der Waals surface area contributed by atoms with Crippen LogP contribution in [0.25, 0.3) is 0 Å². The van der Waals surface area contributed by atoms with Crippen LogP contribution in [0.2, 0.25) is 0 Å². The molecule has 0 aromatic rings. The SMILES string of the molecule is CC[C@H]1OCCC[C@@H]1C(=O)N1CC(=O)N(CC2CC2)C1. The van der Waals surface area contributed by atoms with Crippen molar-refractivity contribution < 1.29 is 14.3 Å². The van der Waals surface area contributed by atoms with E-state index in [1.165, 1.54) is 12.8 Å². The van der Waals surface area contributed by atoms with Crippen molar-refractivity contribution in [3.8, 4) is 0 Å². The summed E-state index contributed by atoms with van der Waals surface area (Å²) in [7, 11) is 0. The molecule has 1 aliphatic carbocycles. The van der Waals surface area contributed by atoms with Gasteiger partial charge in [-0.3, -0.25) is 9.59 Å². The average Bonchev–Trinajstić information content (AvgIpc) is 3.21. The molecular formula is C15H24N2O3. The minimum atomic E-state index is -0.0533. The van der Waals surface area contributed by atoms with Gasteiger partial charge in [-0.15, -0.1) is 0 Å². The predicted octanol–water partition coefficient (Wildman–Crippen LogP) is 1.23. The molecule has 0 unspecified atom stereocenters. The van der Waals surface area contributed by atoms with Gasteiger partial charge in [0.05, 0.1) is 18.7 Å². The Labute approximate surface area is 120 Å². The molecule has 3 aliphatic rings. The third-order valence-corrected chi connectivity index (χ3v) is 4.67. The normalized spacial score (nSPS) is 30.9. The molecule has 0 N–H and O–H groups in total. The maximum Gasteiger partial charge on any atom is 0.243 e. The van der Waals surface area contributed by atoms with Crippen molar-refractivity contribution >= 4 is 11.8 Å². The Morgan fingerprint density at radius 2 is 2.15 bits per heavy atom. The van der Waals surface area contributed by atoms with Crippen LogP contribution >= 0.6 is 0 Å². The Morgan fingerprint density at radius 1 is 1.35 bits per heavy atom. The number of nitrogens with zero attached hydrogens (tertiary/aromatic N) is 2. The van der Waals surface area contributed by atoms with E-state index in [1.54, 1.807) is 4.90 Å². The van der Waals surface area contributed by atoms with Crippen LogP contribution in [0, 0.1) is 11.8 Å². The summed E-state index contributed by atoms with van der Waals surface area (Å²) in [6, 6.07) is 0. The van der Waals surface area contributed by atoms with Gasteiger partial charge in [-0.05, 0) is 38.0 Å². The van der Waals surface area contributed by atoms with Gasteiger partial charge < -0.3 is 14.5 Å². The quantitative estimate of drug-likeness (QED) is 0.778. The molecule has 2 amide bonds. The van der Waals surface area contributed by atoms with Crippen molar-refractivity contribution in [3.05, 3.63) is 0 Å². The molecule has 3 fully saturated rings. The first-order chi connectivity index (χ1) is 9.69. The molecule has 2 heterocycles. The zero-order valence-corrected chi connectivity index (χ0v) is 12.2. The Bertz CT molecular complexity index is 395. The Morgan fingerprint density at radius 3 is 2.85 bits per heavy atom. The molecule has 0 radical (unpaired) electrons. The Kier molecular flexibility index (Phi) is 3.96. The second-order valence-electron chi connectivity index (χ2n) is 6.30. The summed E-state index contributed by atoms with van der Waals surface area (Å²) in [5, 5.41) is 0. The van der Waals surface area contributed by atoms with Crippen molar-refractivity contribution in [2.75, 3.05) is 26.4 Å².